The van der Waals surface area contributed by atoms with E-state index in [1.807, 2.05) is 0 Å². The average molecular weight is 438 g/mol. The van der Waals surface area contributed by atoms with Gasteiger partial charge in [0.25, 0.3) is 23.6 Å². The van der Waals surface area contributed by atoms with E-state index in [0.29, 0.717) is 34.2 Å². The molecule has 3 aromatic rings. The first-order chi connectivity index (χ1) is 15.2. The second-order valence-corrected chi connectivity index (χ2v) is 7.05. The molecule has 0 spiro atoms. The van der Waals surface area contributed by atoms with Gasteiger partial charge in [0.1, 0.15) is 23.0 Å². The van der Waals surface area contributed by atoms with Gasteiger partial charge in [-0.2, -0.15) is 0 Å². The van der Waals surface area contributed by atoms with Crippen molar-refractivity contribution >= 4 is 23.6 Å². The Morgan fingerprint density at radius 1 is 0.562 bits per heavy atom. The second kappa shape index (κ2) is 9.21. The first-order valence-electron chi connectivity index (χ1n) is 9.61. The summed E-state index contributed by atoms with van der Waals surface area (Å²) in [6.45, 7) is 6.72. The maximum Gasteiger partial charge on any atom is 0.273 e. The fraction of sp³-hybridized carbons (Fsp3) is 0.182. The summed E-state index contributed by atoms with van der Waals surface area (Å²) in [6, 6.07) is 8.78. The van der Waals surface area contributed by atoms with Gasteiger partial charge in [0.2, 0.25) is 0 Å². The van der Waals surface area contributed by atoms with E-state index in [2.05, 4.69) is 21.7 Å². The first kappa shape index (κ1) is 22.3. The van der Waals surface area contributed by atoms with Gasteiger partial charge in [-0.3, -0.25) is 40.9 Å². The Morgan fingerprint density at radius 2 is 0.875 bits per heavy atom. The zero-order valence-corrected chi connectivity index (χ0v) is 17.9. The van der Waals surface area contributed by atoms with Crippen LogP contribution in [0.3, 0.4) is 0 Å². The second-order valence-electron chi connectivity index (χ2n) is 7.05. The molecule has 166 valence electrons. The zero-order chi connectivity index (χ0) is 23.4. The Bertz CT molecular complexity index is 1100. The molecule has 32 heavy (non-hydrogen) atoms. The number of benzene rings is 1. The van der Waals surface area contributed by atoms with E-state index < -0.39 is 23.6 Å². The number of furan rings is 2. The van der Waals surface area contributed by atoms with Gasteiger partial charge in [-0.15, -0.1) is 0 Å². The van der Waals surface area contributed by atoms with Crippen LogP contribution in [0.25, 0.3) is 0 Å². The fourth-order valence-corrected chi connectivity index (χ4v) is 2.99. The molecule has 2 aromatic heterocycles. The van der Waals surface area contributed by atoms with Gasteiger partial charge in [-0.25, -0.2) is 0 Å². The highest BCUT2D eigenvalue weighted by atomic mass is 16.3. The Labute approximate surface area is 183 Å². The summed E-state index contributed by atoms with van der Waals surface area (Å²) in [5.74, 6) is -0.114. The lowest BCUT2D eigenvalue weighted by atomic mass is 10.1. The third-order valence-corrected chi connectivity index (χ3v) is 4.56. The maximum atomic E-state index is 12.2. The normalized spacial score (nSPS) is 10.4. The van der Waals surface area contributed by atoms with Crippen LogP contribution in [0.1, 0.15) is 64.5 Å². The van der Waals surface area contributed by atoms with Crippen LogP contribution in [0.2, 0.25) is 0 Å². The van der Waals surface area contributed by atoms with Gasteiger partial charge in [0, 0.05) is 11.1 Å². The number of nitrogens with one attached hydrogen (secondary N) is 4. The summed E-state index contributed by atoms with van der Waals surface area (Å²) < 4.78 is 10.6. The quantitative estimate of drug-likeness (QED) is 0.460. The zero-order valence-electron chi connectivity index (χ0n) is 17.9. The monoisotopic (exact) mass is 438 g/mol. The van der Waals surface area contributed by atoms with Crippen molar-refractivity contribution in [3.05, 3.63) is 81.7 Å². The SMILES string of the molecule is Cc1cc(C(=O)NNC(=O)c2ccc(C(=O)NNC(=O)c3cc(C)oc3C)cc2)c(C)o1. The highest BCUT2D eigenvalue weighted by Gasteiger charge is 2.16. The molecule has 0 saturated carbocycles. The van der Waals surface area contributed by atoms with Crippen LogP contribution in [0, 0.1) is 27.7 Å². The predicted molar refractivity (Wildman–Crippen MR) is 113 cm³/mol. The summed E-state index contributed by atoms with van der Waals surface area (Å²) in [5, 5.41) is 0. The molecule has 0 saturated heterocycles. The van der Waals surface area contributed by atoms with Crippen molar-refractivity contribution < 1.29 is 28.0 Å². The summed E-state index contributed by atoms with van der Waals surface area (Å²) in [5.41, 5.74) is 10.3. The van der Waals surface area contributed by atoms with Gasteiger partial charge < -0.3 is 8.83 Å². The molecular weight excluding hydrogens is 416 g/mol. The maximum absolute atomic E-state index is 12.2. The lowest BCUT2D eigenvalue weighted by Gasteiger charge is -2.09. The van der Waals surface area contributed by atoms with E-state index in [4.69, 9.17) is 8.83 Å². The standard InChI is InChI=1S/C22H22N4O6/c1-11-9-17(13(3)31-11)21(29)25-23-19(27)15-5-7-16(8-6-15)20(28)24-26-22(30)18-10-12(2)32-14(18)4/h5-10H,1-4H3,(H,23,27)(H,24,28)(H,25,29)(H,26,30). The van der Waals surface area contributed by atoms with Crippen molar-refractivity contribution in [2.24, 2.45) is 0 Å². The number of rotatable bonds is 4. The number of hydrogen-bond donors (Lipinski definition) is 4. The van der Waals surface area contributed by atoms with Crippen LogP contribution in [0.15, 0.2) is 45.2 Å². The Morgan fingerprint density at radius 3 is 1.16 bits per heavy atom. The summed E-state index contributed by atoms with van der Waals surface area (Å²) in [4.78, 5) is 48.7. The number of carbonyl (C=O) groups is 4. The Balaban J connectivity index is 1.53. The van der Waals surface area contributed by atoms with Gasteiger partial charge >= 0.3 is 0 Å². The summed E-state index contributed by atoms with van der Waals surface area (Å²) in [7, 11) is 0. The molecule has 0 atom stereocenters. The van der Waals surface area contributed by atoms with Crippen molar-refractivity contribution in [2.45, 2.75) is 27.7 Å². The van der Waals surface area contributed by atoms with Crippen LogP contribution in [0.5, 0.6) is 0 Å². The third-order valence-electron chi connectivity index (χ3n) is 4.56. The summed E-state index contributed by atoms with van der Waals surface area (Å²) >= 11 is 0. The highest BCUT2D eigenvalue weighted by molar-refractivity contribution is 6.01. The molecule has 4 N–H and O–H groups in total. The molecule has 4 amide bonds. The van der Waals surface area contributed by atoms with Crippen molar-refractivity contribution in [3.8, 4) is 0 Å². The largest absolute Gasteiger partial charge is 0.466 e. The van der Waals surface area contributed by atoms with E-state index in [9.17, 15) is 19.2 Å². The smallest absolute Gasteiger partial charge is 0.273 e. The first-order valence-corrected chi connectivity index (χ1v) is 9.61. The number of carbonyl (C=O) groups excluding carboxylic acids is 4. The van der Waals surface area contributed by atoms with E-state index in [-0.39, 0.29) is 11.1 Å². The van der Waals surface area contributed by atoms with Crippen molar-refractivity contribution in [3.63, 3.8) is 0 Å². The molecule has 0 aliphatic rings. The van der Waals surface area contributed by atoms with Crippen molar-refractivity contribution in [1.82, 2.24) is 21.7 Å². The van der Waals surface area contributed by atoms with Crippen LogP contribution in [-0.4, -0.2) is 23.6 Å². The van der Waals surface area contributed by atoms with E-state index in [0.717, 1.165) is 0 Å². The molecule has 10 nitrogen and oxygen atoms in total. The number of hydrazine groups is 2. The minimum Gasteiger partial charge on any atom is -0.466 e. The molecule has 0 fully saturated rings. The minimum atomic E-state index is -0.567. The molecule has 2 heterocycles. The minimum absolute atomic E-state index is 0.218. The van der Waals surface area contributed by atoms with Gasteiger partial charge in [-0.1, -0.05) is 0 Å². The van der Waals surface area contributed by atoms with Gasteiger partial charge in [0.05, 0.1) is 11.1 Å². The van der Waals surface area contributed by atoms with Crippen molar-refractivity contribution in [1.29, 1.82) is 0 Å². The molecule has 0 aliphatic heterocycles. The highest BCUT2D eigenvalue weighted by Crippen LogP contribution is 2.14. The van der Waals surface area contributed by atoms with E-state index in [1.165, 1.54) is 24.3 Å². The molecular formula is C22H22N4O6. The molecule has 0 aliphatic carbocycles. The van der Waals surface area contributed by atoms with Crippen LogP contribution < -0.4 is 21.7 Å². The third kappa shape index (κ3) is 5.04. The lowest BCUT2D eigenvalue weighted by molar-refractivity contribution is 0.0843. The summed E-state index contributed by atoms with van der Waals surface area (Å²) in [6.07, 6.45) is 0. The average Bonchev–Trinajstić information content (AvgIpc) is 3.29. The Kier molecular flexibility index (Phi) is 6.43. The topological polar surface area (TPSA) is 143 Å². The molecule has 1 aromatic carbocycles. The molecule has 0 radical (unpaired) electrons. The van der Waals surface area contributed by atoms with Crippen LogP contribution >= 0.6 is 0 Å². The van der Waals surface area contributed by atoms with Crippen molar-refractivity contribution in [2.75, 3.05) is 0 Å². The fourth-order valence-electron chi connectivity index (χ4n) is 2.99. The number of hydrogen-bond acceptors (Lipinski definition) is 6. The lowest BCUT2D eigenvalue weighted by Crippen LogP contribution is -2.42. The van der Waals surface area contributed by atoms with E-state index in [1.54, 1.807) is 39.8 Å². The molecule has 0 bridgehead atoms. The molecule has 10 heteroatoms. The number of amides is 4. The molecule has 3 rings (SSSR count). The van der Waals surface area contributed by atoms with Gasteiger partial charge in [0.15, 0.2) is 0 Å². The molecule has 0 unspecified atom stereocenters. The predicted octanol–water partition coefficient (Wildman–Crippen LogP) is 2.26. The number of aryl methyl sites for hydroxylation is 4. The van der Waals surface area contributed by atoms with Crippen LogP contribution in [0.4, 0.5) is 0 Å². The Hall–Kier alpha value is -4.34. The van der Waals surface area contributed by atoms with Gasteiger partial charge in [-0.05, 0) is 64.1 Å². The van der Waals surface area contributed by atoms with E-state index >= 15 is 0 Å². The van der Waals surface area contributed by atoms with Crippen LogP contribution in [-0.2, 0) is 0 Å².